The largest absolute Gasteiger partial charge is 0.378 e. The van der Waals surface area contributed by atoms with Gasteiger partial charge in [0, 0.05) is 20.2 Å². The van der Waals surface area contributed by atoms with Crippen molar-refractivity contribution in [1.29, 1.82) is 0 Å². The van der Waals surface area contributed by atoms with Crippen molar-refractivity contribution in [1.82, 2.24) is 4.90 Å². The van der Waals surface area contributed by atoms with Crippen molar-refractivity contribution in [3.8, 4) is 0 Å². The van der Waals surface area contributed by atoms with Crippen molar-refractivity contribution in [2.45, 2.75) is 38.2 Å². The average molecular weight is 311 g/mol. The van der Waals surface area contributed by atoms with E-state index in [0.717, 1.165) is 31.6 Å². The minimum absolute atomic E-state index is 0.189. The fraction of sp³-hybridized carbons (Fsp3) is 0.450. The third-order valence-electron chi connectivity index (χ3n) is 4.69. The van der Waals surface area contributed by atoms with Gasteiger partial charge in [-0.25, -0.2) is 0 Å². The van der Waals surface area contributed by atoms with Crippen LogP contribution in [-0.4, -0.2) is 37.1 Å². The lowest BCUT2D eigenvalue weighted by molar-refractivity contribution is -0.129. The quantitative estimate of drug-likeness (QED) is 0.812. The fourth-order valence-corrected chi connectivity index (χ4v) is 3.30. The van der Waals surface area contributed by atoms with E-state index >= 15 is 0 Å². The van der Waals surface area contributed by atoms with Crippen molar-refractivity contribution in [3.63, 3.8) is 0 Å². The van der Waals surface area contributed by atoms with Crippen molar-refractivity contribution in [2.24, 2.45) is 0 Å². The van der Waals surface area contributed by atoms with Gasteiger partial charge in [-0.3, -0.25) is 4.79 Å². The molecule has 0 N–H and O–H groups in total. The molecular formula is C20H25NO2. The highest BCUT2D eigenvalue weighted by molar-refractivity contribution is 5.90. The van der Waals surface area contributed by atoms with Gasteiger partial charge in [-0.1, -0.05) is 42.5 Å². The predicted octanol–water partition coefficient (Wildman–Crippen LogP) is 3.80. The van der Waals surface area contributed by atoms with Crippen LogP contribution < -0.4 is 0 Å². The molecule has 3 rings (SSSR count). The molecule has 1 heterocycles. The number of carbonyl (C=O) groups is 1. The van der Waals surface area contributed by atoms with E-state index in [-0.39, 0.29) is 5.91 Å². The van der Waals surface area contributed by atoms with E-state index in [2.05, 4.69) is 24.3 Å². The van der Waals surface area contributed by atoms with E-state index < -0.39 is 0 Å². The van der Waals surface area contributed by atoms with E-state index in [4.69, 9.17) is 4.74 Å². The summed E-state index contributed by atoms with van der Waals surface area (Å²) in [6.45, 7) is 1.71. The molecule has 1 fully saturated rings. The van der Waals surface area contributed by atoms with Gasteiger partial charge in [-0.05, 0) is 42.0 Å². The lowest BCUT2D eigenvalue weighted by atomic mass is 10.0. The van der Waals surface area contributed by atoms with Crippen molar-refractivity contribution >= 4 is 16.7 Å². The topological polar surface area (TPSA) is 29.5 Å². The molecule has 0 aliphatic carbocycles. The van der Waals surface area contributed by atoms with Gasteiger partial charge < -0.3 is 9.64 Å². The van der Waals surface area contributed by atoms with Crippen molar-refractivity contribution in [3.05, 3.63) is 48.0 Å². The summed E-state index contributed by atoms with van der Waals surface area (Å²) in [4.78, 5) is 14.3. The molecule has 2 aromatic carbocycles. The lowest BCUT2D eigenvalue weighted by Gasteiger charge is -2.19. The number of fused-ring (bicyclic) bond motifs is 1. The molecule has 1 amide bonds. The van der Waals surface area contributed by atoms with E-state index in [9.17, 15) is 4.79 Å². The highest BCUT2D eigenvalue weighted by atomic mass is 16.5. The maximum absolute atomic E-state index is 12.5. The van der Waals surface area contributed by atoms with Crippen molar-refractivity contribution in [2.75, 3.05) is 20.2 Å². The van der Waals surface area contributed by atoms with Gasteiger partial charge in [0.05, 0.1) is 12.5 Å². The zero-order chi connectivity index (χ0) is 16.1. The van der Waals surface area contributed by atoms with Crippen LogP contribution in [0, 0.1) is 0 Å². The molecule has 0 unspecified atom stereocenters. The minimum atomic E-state index is 0.189. The number of benzene rings is 2. The van der Waals surface area contributed by atoms with Crippen LogP contribution >= 0.6 is 0 Å². The van der Waals surface area contributed by atoms with Gasteiger partial charge >= 0.3 is 0 Å². The Morgan fingerprint density at radius 1 is 1.22 bits per heavy atom. The minimum Gasteiger partial charge on any atom is -0.378 e. The molecule has 3 nitrogen and oxygen atoms in total. The molecule has 0 bridgehead atoms. The first-order valence-corrected chi connectivity index (χ1v) is 8.56. The predicted molar refractivity (Wildman–Crippen MR) is 93.5 cm³/mol. The first-order valence-electron chi connectivity index (χ1n) is 8.56. The summed E-state index contributed by atoms with van der Waals surface area (Å²) in [5.74, 6) is 0.189. The summed E-state index contributed by atoms with van der Waals surface area (Å²) in [7, 11) is 1.91. The molecule has 1 saturated heterocycles. The summed E-state index contributed by atoms with van der Waals surface area (Å²) in [5.41, 5.74) is 1.11. The SMILES string of the molecule is CN(CCC[C@@H]1CCCO1)C(=O)Cc1cccc2ccccc12. The third-order valence-corrected chi connectivity index (χ3v) is 4.69. The second-order valence-electron chi connectivity index (χ2n) is 6.41. The van der Waals surface area contributed by atoms with Gasteiger partial charge in [0.2, 0.25) is 5.91 Å². The number of rotatable bonds is 6. The molecule has 0 radical (unpaired) electrons. The Bertz CT molecular complexity index is 656. The Morgan fingerprint density at radius 3 is 2.87 bits per heavy atom. The monoisotopic (exact) mass is 311 g/mol. The summed E-state index contributed by atoms with van der Waals surface area (Å²) >= 11 is 0. The molecule has 1 aliphatic rings. The zero-order valence-corrected chi connectivity index (χ0v) is 13.8. The van der Waals surface area contributed by atoms with Crippen LogP contribution in [0.3, 0.4) is 0 Å². The van der Waals surface area contributed by atoms with Crippen LogP contribution in [0.15, 0.2) is 42.5 Å². The molecule has 1 aliphatic heterocycles. The lowest BCUT2D eigenvalue weighted by Crippen LogP contribution is -2.29. The second kappa shape index (κ2) is 7.60. The van der Waals surface area contributed by atoms with Crippen LogP contribution in [0.25, 0.3) is 10.8 Å². The zero-order valence-electron chi connectivity index (χ0n) is 13.8. The van der Waals surface area contributed by atoms with E-state index in [0.29, 0.717) is 12.5 Å². The summed E-state index contributed by atoms with van der Waals surface area (Å²) in [6.07, 6.45) is 5.32. The molecule has 23 heavy (non-hydrogen) atoms. The molecule has 0 spiro atoms. The molecule has 122 valence electrons. The number of nitrogens with zero attached hydrogens (tertiary/aromatic N) is 1. The van der Waals surface area contributed by atoms with Gasteiger partial charge in [0.1, 0.15) is 0 Å². The normalized spacial score (nSPS) is 17.5. The van der Waals surface area contributed by atoms with E-state index in [1.54, 1.807) is 0 Å². The number of carbonyl (C=O) groups excluding carboxylic acids is 1. The molecule has 1 atom stereocenters. The Morgan fingerprint density at radius 2 is 2.04 bits per heavy atom. The first kappa shape index (κ1) is 16.0. The van der Waals surface area contributed by atoms with Crippen LogP contribution in [0.4, 0.5) is 0 Å². The highest BCUT2D eigenvalue weighted by Gasteiger charge is 2.16. The summed E-state index contributed by atoms with van der Waals surface area (Å²) in [5, 5.41) is 2.37. The fourth-order valence-electron chi connectivity index (χ4n) is 3.30. The Labute approximate surface area is 138 Å². The molecular weight excluding hydrogens is 286 g/mol. The first-order chi connectivity index (χ1) is 11.2. The van der Waals surface area contributed by atoms with Gasteiger partial charge in [-0.2, -0.15) is 0 Å². The van der Waals surface area contributed by atoms with E-state index in [1.165, 1.54) is 23.6 Å². The van der Waals surface area contributed by atoms with Gasteiger partial charge in [-0.15, -0.1) is 0 Å². The maximum atomic E-state index is 12.5. The van der Waals surface area contributed by atoms with Crippen LogP contribution in [0.2, 0.25) is 0 Å². The van der Waals surface area contributed by atoms with Crippen LogP contribution in [0.1, 0.15) is 31.2 Å². The average Bonchev–Trinajstić information content (AvgIpc) is 3.08. The second-order valence-corrected chi connectivity index (χ2v) is 6.41. The Balaban J connectivity index is 1.54. The van der Waals surface area contributed by atoms with Crippen LogP contribution in [0.5, 0.6) is 0 Å². The number of likely N-dealkylation sites (N-methyl/N-ethyl adjacent to an activating group) is 1. The maximum Gasteiger partial charge on any atom is 0.226 e. The summed E-state index contributed by atoms with van der Waals surface area (Å²) in [6, 6.07) is 14.4. The molecule has 2 aromatic rings. The van der Waals surface area contributed by atoms with Gasteiger partial charge in [0.15, 0.2) is 0 Å². The number of hydrogen-bond donors (Lipinski definition) is 0. The number of amides is 1. The third kappa shape index (κ3) is 4.11. The molecule has 0 aromatic heterocycles. The number of hydrogen-bond acceptors (Lipinski definition) is 2. The van der Waals surface area contributed by atoms with Gasteiger partial charge in [0.25, 0.3) is 0 Å². The smallest absolute Gasteiger partial charge is 0.226 e. The summed E-state index contributed by atoms with van der Waals surface area (Å²) < 4.78 is 5.64. The molecule has 0 saturated carbocycles. The Hall–Kier alpha value is -1.87. The van der Waals surface area contributed by atoms with Crippen molar-refractivity contribution < 1.29 is 9.53 Å². The molecule has 3 heteroatoms. The van der Waals surface area contributed by atoms with E-state index in [1.807, 2.05) is 30.1 Å². The highest BCUT2D eigenvalue weighted by Crippen LogP contribution is 2.20. The standard InChI is InChI=1S/C20H25NO2/c1-21(13-5-10-18-11-6-14-23-18)20(22)15-17-9-4-8-16-7-2-3-12-19(16)17/h2-4,7-9,12,18H,5-6,10-11,13-15H2,1H3/t18-/m1/s1. The number of ether oxygens (including phenoxy) is 1. The Kier molecular flexibility index (Phi) is 5.29. The van der Waals surface area contributed by atoms with Crippen LogP contribution in [-0.2, 0) is 16.0 Å².